The van der Waals surface area contributed by atoms with E-state index in [1.807, 2.05) is 14.1 Å². The lowest BCUT2D eigenvalue weighted by atomic mass is 9.75. The fraction of sp³-hybridized carbons (Fsp3) is 0.938. The fourth-order valence-corrected chi connectivity index (χ4v) is 7.60. The van der Waals surface area contributed by atoms with Crippen LogP contribution in [0.1, 0.15) is 73.1 Å². The predicted octanol–water partition coefficient (Wildman–Crippen LogP) is 3.05. The Morgan fingerprint density at radius 3 is 1.95 bits per heavy atom. The molecule has 4 rings (SSSR count). The highest BCUT2D eigenvalue weighted by Gasteiger charge is 2.50. The van der Waals surface area contributed by atoms with Gasteiger partial charge in [0.1, 0.15) is 5.54 Å². The molecule has 3 aliphatic heterocycles. The van der Waals surface area contributed by atoms with Crippen molar-refractivity contribution in [2.45, 2.75) is 95.8 Å². The van der Waals surface area contributed by atoms with Crippen LogP contribution < -0.4 is 0 Å². The fourth-order valence-electron chi connectivity index (χ4n) is 7.60. The Hall–Kier alpha value is -1.24. The monoisotopic (exact) mass is 557 g/mol. The Balaban J connectivity index is 1.34. The highest BCUT2D eigenvalue weighted by molar-refractivity contribution is 5.77. The zero-order valence-corrected chi connectivity index (χ0v) is 27.1. The third kappa shape index (κ3) is 7.58. The van der Waals surface area contributed by atoms with Crippen LogP contribution in [0.3, 0.4) is 0 Å². The van der Waals surface area contributed by atoms with E-state index in [9.17, 15) is 10.1 Å². The molecule has 1 saturated carbocycles. The van der Waals surface area contributed by atoms with Gasteiger partial charge in [0.2, 0.25) is 5.91 Å². The number of carbonyl (C=O) groups excluding carboxylic acids is 1. The number of rotatable bonds is 9. The molecule has 1 aliphatic carbocycles. The van der Waals surface area contributed by atoms with Crippen molar-refractivity contribution in [3.8, 4) is 6.07 Å². The number of likely N-dealkylation sites (N-methyl/N-ethyl adjacent to an activating group) is 1. The number of piperazine rings is 1. The molecular formula is C32H59N7O. The number of amides is 1. The molecule has 0 N–H and O–H groups in total. The Kier molecular flexibility index (Phi) is 9.94. The molecule has 3 heterocycles. The van der Waals surface area contributed by atoms with E-state index >= 15 is 0 Å². The Morgan fingerprint density at radius 1 is 0.850 bits per heavy atom. The van der Waals surface area contributed by atoms with E-state index in [4.69, 9.17) is 0 Å². The van der Waals surface area contributed by atoms with Gasteiger partial charge in [-0.2, -0.15) is 5.26 Å². The molecule has 4 aliphatic rings. The van der Waals surface area contributed by atoms with Crippen molar-refractivity contribution in [3.63, 3.8) is 0 Å². The van der Waals surface area contributed by atoms with E-state index in [-0.39, 0.29) is 22.5 Å². The van der Waals surface area contributed by atoms with Crippen LogP contribution in [-0.2, 0) is 4.79 Å². The van der Waals surface area contributed by atoms with Gasteiger partial charge in [0.15, 0.2) is 0 Å². The van der Waals surface area contributed by atoms with Gasteiger partial charge in [0.05, 0.1) is 12.6 Å². The minimum absolute atomic E-state index is 0.165. The number of piperidine rings is 2. The molecule has 40 heavy (non-hydrogen) atoms. The van der Waals surface area contributed by atoms with E-state index in [1.54, 1.807) is 4.90 Å². The van der Waals surface area contributed by atoms with Crippen molar-refractivity contribution in [2.24, 2.45) is 11.8 Å². The third-order valence-corrected chi connectivity index (χ3v) is 10.9. The van der Waals surface area contributed by atoms with E-state index in [2.05, 4.69) is 72.2 Å². The molecule has 228 valence electrons. The van der Waals surface area contributed by atoms with Gasteiger partial charge in [-0.1, -0.05) is 0 Å². The summed E-state index contributed by atoms with van der Waals surface area (Å²) in [4.78, 5) is 26.8. The van der Waals surface area contributed by atoms with Gasteiger partial charge in [0.25, 0.3) is 0 Å². The highest BCUT2D eigenvalue weighted by atomic mass is 16.2. The van der Waals surface area contributed by atoms with E-state index in [1.165, 1.54) is 45.3 Å². The summed E-state index contributed by atoms with van der Waals surface area (Å²) < 4.78 is 0. The number of likely N-dealkylation sites (tertiary alicyclic amines) is 2. The molecular weight excluding hydrogens is 498 g/mol. The summed E-state index contributed by atoms with van der Waals surface area (Å²) in [6.07, 6.45) is 6.95. The summed E-state index contributed by atoms with van der Waals surface area (Å²) in [6.45, 7) is 22.6. The summed E-state index contributed by atoms with van der Waals surface area (Å²) in [7, 11) is 5.89. The molecule has 0 radical (unpaired) electrons. The second kappa shape index (κ2) is 12.6. The number of hydrogen-bond donors (Lipinski definition) is 0. The molecule has 0 spiro atoms. The minimum Gasteiger partial charge on any atom is -0.348 e. The molecule has 8 heteroatoms. The van der Waals surface area contributed by atoms with Gasteiger partial charge in [-0.05, 0) is 98.6 Å². The van der Waals surface area contributed by atoms with Crippen molar-refractivity contribution in [3.05, 3.63) is 0 Å². The lowest BCUT2D eigenvalue weighted by Crippen LogP contribution is -2.57. The van der Waals surface area contributed by atoms with Crippen LogP contribution in [-0.4, -0.2) is 145 Å². The summed E-state index contributed by atoms with van der Waals surface area (Å²) in [5, 5.41) is 9.68. The molecule has 4 fully saturated rings. The van der Waals surface area contributed by atoms with Crippen LogP contribution in [0.15, 0.2) is 0 Å². The lowest BCUT2D eigenvalue weighted by molar-refractivity contribution is -0.130. The van der Waals surface area contributed by atoms with E-state index in [0.29, 0.717) is 18.5 Å². The van der Waals surface area contributed by atoms with Gasteiger partial charge < -0.3 is 9.80 Å². The quantitative estimate of drug-likeness (QED) is 0.432. The maximum Gasteiger partial charge on any atom is 0.236 e. The Labute approximate surface area is 245 Å². The van der Waals surface area contributed by atoms with Crippen molar-refractivity contribution >= 4 is 5.91 Å². The van der Waals surface area contributed by atoms with E-state index in [0.717, 1.165) is 58.0 Å². The first-order valence-electron chi connectivity index (χ1n) is 16.0. The topological polar surface area (TPSA) is 60.3 Å². The maximum atomic E-state index is 12.2. The van der Waals surface area contributed by atoms with Gasteiger partial charge in [0, 0.05) is 83.6 Å². The van der Waals surface area contributed by atoms with Crippen LogP contribution in [0.25, 0.3) is 0 Å². The Bertz CT molecular complexity index is 886. The van der Waals surface area contributed by atoms with Crippen LogP contribution in [0.4, 0.5) is 0 Å². The summed E-state index contributed by atoms with van der Waals surface area (Å²) in [5.41, 5.74) is 0.215. The number of carbonyl (C=O) groups is 1. The third-order valence-electron chi connectivity index (χ3n) is 10.9. The first kappa shape index (κ1) is 31.7. The molecule has 2 atom stereocenters. The second-order valence-electron chi connectivity index (χ2n) is 15.3. The summed E-state index contributed by atoms with van der Waals surface area (Å²) in [6, 6.07) is 3.14. The minimum atomic E-state index is -0.165. The normalized spacial score (nSPS) is 28.0. The van der Waals surface area contributed by atoms with Crippen molar-refractivity contribution in [2.75, 3.05) is 86.6 Å². The van der Waals surface area contributed by atoms with Gasteiger partial charge >= 0.3 is 0 Å². The largest absolute Gasteiger partial charge is 0.348 e. The van der Waals surface area contributed by atoms with Crippen LogP contribution in [0.5, 0.6) is 0 Å². The van der Waals surface area contributed by atoms with Crippen molar-refractivity contribution in [1.29, 1.82) is 5.26 Å². The van der Waals surface area contributed by atoms with Gasteiger partial charge in [-0.3, -0.25) is 24.4 Å². The first-order valence-corrected chi connectivity index (χ1v) is 16.0. The van der Waals surface area contributed by atoms with Crippen molar-refractivity contribution < 1.29 is 4.79 Å². The summed E-state index contributed by atoms with van der Waals surface area (Å²) in [5.74, 6) is 1.62. The van der Waals surface area contributed by atoms with Gasteiger partial charge in [-0.25, -0.2) is 0 Å². The lowest BCUT2D eigenvalue weighted by Gasteiger charge is -2.51. The molecule has 0 bridgehead atoms. The number of nitriles is 1. The smallest absolute Gasteiger partial charge is 0.236 e. The highest BCUT2D eigenvalue weighted by Crippen LogP contribution is 2.43. The Morgan fingerprint density at radius 2 is 1.43 bits per heavy atom. The van der Waals surface area contributed by atoms with Crippen LogP contribution >= 0.6 is 0 Å². The zero-order chi connectivity index (χ0) is 29.3. The molecule has 8 nitrogen and oxygen atoms in total. The summed E-state index contributed by atoms with van der Waals surface area (Å²) >= 11 is 0. The predicted molar refractivity (Wildman–Crippen MR) is 163 cm³/mol. The standard InChI is InChI=1S/C32H59N7O/c1-30(2,3)39-14-9-26(22-36-17-19-37(20-18-36)24-29(40)34(6)7)27(23-39)21-31(4,5)38-15-10-28(11-16-38)35(8)32(25-33)12-13-32/h26-28H,9-24H2,1-8H3. The van der Waals surface area contributed by atoms with Crippen molar-refractivity contribution in [1.82, 2.24) is 29.4 Å². The number of hydrogen-bond acceptors (Lipinski definition) is 7. The van der Waals surface area contributed by atoms with Crippen LogP contribution in [0, 0.1) is 23.2 Å². The molecule has 2 unspecified atom stereocenters. The molecule has 0 aromatic heterocycles. The molecule has 0 aromatic rings. The second-order valence-corrected chi connectivity index (χ2v) is 15.3. The SMILES string of the molecule is CN(C)C(=O)CN1CCN(CC2CCN(C(C)(C)C)CC2CC(C)(C)N2CCC(N(C)C3(C#N)CC3)CC2)CC1. The van der Waals surface area contributed by atoms with Crippen LogP contribution in [0.2, 0.25) is 0 Å². The van der Waals surface area contributed by atoms with Gasteiger partial charge in [-0.15, -0.1) is 0 Å². The molecule has 3 saturated heterocycles. The first-order chi connectivity index (χ1) is 18.7. The molecule has 1 amide bonds. The molecule has 0 aromatic carbocycles. The average Bonchev–Trinajstić information content (AvgIpc) is 3.71. The zero-order valence-electron chi connectivity index (χ0n) is 27.1. The maximum absolute atomic E-state index is 12.2. The average molecular weight is 558 g/mol. The number of nitrogens with zero attached hydrogens (tertiary/aromatic N) is 7. The van der Waals surface area contributed by atoms with E-state index < -0.39 is 0 Å².